The van der Waals surface area contributed by atoms with Gasteiger partial charge in [0, 0.05) is 25.7 Å². The molecule has 40 heavy (non-hydrogen) atoms. The number of amides is 1. The summed E-state index contributed by atoms with van der Waals surface area (Å²) in [5.74, 6) is -4.13. The van der Waals surface area contributed by atoms with Crippen molar-refractivity contribution >= 4 is 33.7 Å². The summed E-state index contributed by atoms with van der Waals surface area (Å²) in [6, 6.07) is 2.15. The third kappa shape index (κ3) is 9.43. The van der Waals surface area contributed by atoms with E-state index < -0.39 is 39.6 Å². The second-order valence-electron chi connectivity index (χ2n) is 9.81. The molecule has 1 atom stereocenters. The van der Waals surface area contributed by atoms with Crippen molar-refractivity contribution in [3.8, 4) is 5.75 Å². The molecular weight excluding hydrogens is 586 g/mol. The van der Waals surface area contributed by atoms with Crippen LogP contribution in [0.3, 0.4) is 0 Å². The quantitative estimate of drug-likeness (QED) is 0.378. The van der Waals surface area contributed by atoms with Gasteiger partial charge in [-0.15, -0.1) is 0 Å². The van der Waals surface area contributed by atoms with Gasteiger partial charge in [-0.2, -0.15) is 25.9 Å². The molecule has 1 saturated carbocycles. The Labute approximate surface area is 234 Å². The van der Waals surface area contributed by atoms with Gasteiger partial charge in [-0.05, 0) is 50.6 Å². The highest BCUT2D eigenvalue weighted by atomic mass is 35.5. The number of rotatable bonds is 8. The molecule has 0 bridgehead atoms. The standard InChI is InChI=1S/C22H31ClFN3O5S.C2HF3O2/c23-19-11-18(20(24)12-21(19)31-14-15-3-1-2-4-15)22(28)26-33(29,30)27-9-6-16(7-10-27)32-17-5-8-25-13-17;3-2(4,5)1(6)7/h11-12,15-17,25H,1-10,13-14H2,(H,26,28);(H,6,7)/t17-;/m1./s1. The maximum atomic E-state index is 14.6. The van der Waals surface area contributed by atoms with Crippen LogP contribution in [0.25, 0.3) is 0 Å². The summed E-state index contributed by atoms with van der Waals surface area (Å²) in [6.45, 7) is 2.64. The lowest BCUT2D eigenvalue weighted by Gasteiger charge is -2.32. The van der Waals surface area contributed by atoms with Crippen LogP contribution in [0.4, 0.5) is 17.6 Å². The summed E-state index contributed by atoms with van der Waals surface area (Å²) in [5.41, 5.74) is -0.441. The van der Waals surface area contributed by atoms with E-state index in [-0.39, 0.29) is 36.1 Å². The van der Waals surface area contributed by atoms with Gasteiger partial charge in [0.25, 0.3) is 5.91 Å². The molecule has 0 unspecified atom stereocenters. The van der Waals surface area contributed by atoms with Crippen molar-refractivity contribution in [2.24, 2.45) is 5.92 Å². The van der Waals surface area contributed by atoms with Crippen LogP contribution in [0.1, 0.15) is 55.3 Å². The molecule has 1 aromatic carbocycles. The first-order valence-corrected chi connectivity index (χ1v) is 14.7. The lowest BCUT2D eigenvalue weighted by atomic mass is 10.1. The number of carbonyl (C=O) groups excluding carboxylic acids is 1. The lowest BCUT2D eigenvalue weighted by molar-refractivity contribution is -0.192. The number of piperidine rings is 1. The number of hydrogen-bond acceptors (Lipinski definition) is 7. The minimum atomic E-state index is -5.08. The number of carboxylic acid groups (broad SMARTS) is 1. The van der Waals surface area contributed by atoms with Crippen LogP contribution in [-0.4, -0.2) is 80.9 Å². The predicted molar refractivity (Wildman–Crippen MR) is 136 cm³/mol. The molecule has 2 heterocycles. The minimum absolute atomic E-state index is 0.00919. The van der Waals surface area contributed by atoms with Gasteiger partial charge in [0.2, 0.25) is 0 Å². The first-order chi connectivity index (χ1) is 18.8. The maximum Gasteiger partial charge on any atom is 0.490 e. The first-order valence-electron chi connectivity index (χ1n) is 12.9. The van der Waals surface area contributed by atoms with Gasteiger partial charge < -0.3 is 19.9 Å². The molecular formula is C24H32ClF4N3O7S. The van der Waals surface area contributed by atoms with E-state index in [1.165, 1.54) is 4.31 Å². The molecule has 3 aliphatic rings. The number of benzene rings is 1. The number of nitrogens with zero attached hydrogens (tertiary/aromatic N) is 1. The highest BCUT2D eigenvalue weighted by Gasteiger charge is 2.38. The first kappa shape index (κ1) is 32.3. The number of carbonyl (C=O) groups is 2. The number of aliphatic carboxylic acids is 1. The van der Waals surface area contributed by atoms with Gasteiger partial charge >= 0.3 is 22.4 Å². The summed E-state index contributed by atoms with van der Waals surface area (Å²) in [4.78, 5) is 21.5. The normalized spacial score (nSPS) is 21.1. The van der Waals surface area contributed by atoms with Gasteiger partial charge in [0.1, 0.15) is 11.6 Å². The molecule has 3 fully saturated rings. The molecule has 0 aromatic heterocycles. The number of halogens is 5. The molecule has 2 saturated heterocycles. The van der Waals surface area contributed by atoms with Crippen molar-refractivity contribution in [2.45, 2.75) is 63.3 Å². The SMILES string of the molecule is O=C(NS(=O)(=O)N1CCC(O[C@@H]2CCNC2)CC1)c1cc(Cl)c(OCC2CCCC2)cc1F.O=C(O)C(F)(F)F. The minimum Gasteiger partial charge on any atom is -0.492 e. The zero-order valence-corrected chi connectivity index (χ0v) is 23.1. The monoisotopic (exact) mass is 617 g/mol. The van der Waals surface area contributed by atoms with E-state index in [0.29, 0.717) is 25.4 Å². The zero-order chi connectivity index (χ0) is 29.5. The van der Waals surface area contributed by atoms with Crippen molar-refractivity contribution in [1.29, 1.82) is 0 Å². The topological polar surface area (TPSA) is 134 Å². The van der Waals surface area contributed by atoms with E-state index in [1.54, 1.807) is 0 Å². The Morgan fingerprint density at radius 3 is 2.27 bits per heavy atom. The molecule has 1 amide bonds. The number of ether oxygens (including phenoxy) is 2. The molecule has 1 aromatic rings. The fraction of sp³-hybridized carbons (Fsp3) is 0.667. The van der Waals surface area contributed by atoms with Gasteiger partial charge in [0.15, 0.2) is 0 Å². The summed E-state index contributed by atoms with van der Waals surface area (Å²) >= 11 is 6.19. The van der Waals surface area contributed by atoms with Gasteiger partial charge in [0.05, 0.1) is 29.4 Å². The van der Waals surface area contributed by atoms with Crippen molar-refractivity contribution in [3.63, 3.8) is 0 Å². The predicted octanol–water partition coefficient (Wildman–Crippen LogP) is 3.50. The van der Waals surface area contributed by atoms with Crippen LogP contribution in [0.15, 0.2) is 12.1 Å². The second-order valence-corrected chi connectivity index (χ2v) is 11.9. The Bertz CT molecular complexity index is 1140. The van der Waals surface area contributed by atoms with Crippen LogP contribution in [-0.2, 0) is 19.7 Å². The van der Waals surface area contributed by atoms with Crippen molar-refractivity contribution in [2.75, 3.05) is 32.8 Å². The van der Waals surface area contributed by atoms with E-state index in [2.05, 4.69) is 5.32 Å². The second kappa shape index (κ2) is 14.1. The van der Waals surface area contributed by atoms with Crippen LogP contribution in [0.5, 0.6) is 5.75 Å². The average Bonchev–Trinajstić information content (AvgIpc) is 3.59. The number of alkyl halides is 3. The lowest BCUT2D eigenvalue weighted by Crippen LogP contribution is -2.48. The third-order valence-corrected chi connectivity index (χ3v) is 8.60. The molecule has 0 radical (unpaired) electrons. The van der Waals surface area contributed by atoms with Crippen molar-refractivity contribution in [1.82, 2.24) is 14.3 Å². The smallest absolute Gasteiger partial charge is 0.490 e. The Balaban J connectivity index is 0.000000559. The summed E-state index contributed by atoms with van der Waals surface area (Å²) in [6.07, 6.45) is 1.56. The van der Waals surface area contributed by atoms with Gasteiger partial charge in [-0.25, -0.2) is 13.9 Å². The van der Waals surface area contributed by atoms with E-state index in [9.17, 15) is 30.8 Å². The fourth-order valence-electron chi connectivity index (χ4n) is 4.66. The summed E-state index contributed by atoms with van der Waals surface area (Å²) in [7, 11) is -4.12. The van der Waals surface area contributed by atoms with Crippen LogP contribution < -0.4 is 14.8 Å². The average molecular weight is 618 g/mol. The van der Waals surface area contributed by atoms with E-state index >= 15 is 0 Å². The van der Waals surface area contributed by atoms with Crippen LogP contribution in [0.2, 0.25) is 5.02 Å². The van der Waals surface area contributed by atoms with Crippen LogP contribution >= 0.6 is 11.6 Å². The van der Waals surface area contributed by atoms with E-state index in [4.69, 9.17) is 31.0 Å². The highest BCUT2D eigenvalue weighted by Crippen LogP contribution is 2.31. The maximum absolute atomic E-state index is 14.6. The van der Waals surface area contributed by atoms with Crippen molar-refractivity contribution in [3.05, 3.63) is 28.5 Å². The summed E-state index contributed by atoms with van der Waals surface area (Å²) < 4.78 is 86.5. The third-order valence-electron chi connectivity index (χ3n) is 6.82. The largest absolute Gasteiger partial charge is 0.492 e. The van der Waals surface area contributed by atoms with Crippen molar-refractivity contribution < 1.29 is 50.1 Å². The molecule has 16 heteroatoms. The Kier molecular flexibility index (Phi) is 11.4. The molecule has 2 aliphatic heterocycles. The molecule has 4 rings (SSSR count). The molecule has 226 valence electrons. The summed E-state index contributed by atoms with van der Waals surface area (Å²) in [5, 5.41) is 10.4. The Morgan fingerprint density at radius 2 is 1.73 bits per heavy atom. The fourth-order valence-corrected chi connectivity index (χ4v) is 6.04. The number of hydrogen-bond donors (Lipinski definition) is 3. The zero-order valence-electron chi connectivity index (χ0n) is 21.5. The van der Waals surface area contributed by atoms with Crippen LogP contribution in [0, 0.1) is 11.7 Å². The molecule has 10 nitrogen and oxygen atoms in total. The number of nitrogens with one attached hydrogen (secondary N) is 2. The van der Waals surface area contributed by atoms with E-state index in [0.717, 1.165) is 57.3 Å². The Hall–Kier alpha value is -2.20. The highest BCUT2D eigenvalue weighted by molar-refractivity contribution is 7.87. The van der Waals surface area contributed by atoms with Gasteiger partial charge in [-0.1, -0.05) is 24.4 Å². The molecule has 0 spiro atoms. The number of carboxylic acids is 1. The molecule has 3 N–H and O–H groups in total. The Morgan fingerprint density at radius 1 is 1.10 bits per heavy atom. The van der Waals surface area contributed by atoms with Gasteiger partial charge in [-0.3, -0.25) is 4.79 Å². The molecule has 1 aliphatic carbocycles. The van der Waals surface area contributed by atoms with E-state index in [1.807, 2.05) is 4.72 Å².